The first-order valence-electron chi connectivity index (χ1n) is 6.43. The molecule has 0 aromatic rings. The molecule has 0 spiro atoms. The van der Waals surface area contributed by atoms with Gasteiger partial charge in [-0.3, -0.25) is 9.59 Å². The number of aliphatic carboxylic acids is 1. The molecule has 0 bridgehead atoms. The molecule has 6 nitrogen and oxygen atoms in total. The summed E-state index contributed by atoms with van der Waals surface area (Å²) in [5.41, 5.74) is 5.16. The summed E-state index contributed by atoms with van der Waals surface area (Å²) in [6.07, 6.45) is 3.16. The van der Waals surface area contributed by atoms with Gasteiger partial charge in [0.25, 0.3) is 0 Å². The average molecular weight is 256 g/mol. The summed E-state index contributed by atoms with van der Waals surface area (Å²) < 4.78 is 5.19. The second kappa shape index (κ2) is 5.24. The molecule has 4 N–H and O–H groups in total. The normalized spacial score (nSPS) is 30.9. The van der Waals surface area contributed by atoms with E-state index in [1.54, 1.807) is 0 Å². The van der Waals surface area contributed by atoms with Crippen molar-refractivity contribution < 1.29 is 19.4 Å². The molecule has 1 saturated heterocycles. The number of carboxylic acid groups (broad SMARTS) is 1. The number of nitrogens with one attached hydrogen (secondary N) is 1. The first-order valence-corrected chi connectivity index (χ1v) is 6.43. The lowest BCUT2D eigenvalue weighted by molar-refractivity contribution is -0.142. The summed E-state index contributed by atoms with van der Waals surface area (Å²) in [6.45, 7) is 0.966. The SMILES string of the molecule is NC1(C(=O)NC2CCCC2C(=O)O)CCOCC1. The molecular formula is C12H20N2O4. The van der Waals surface area contributed by atoms with Gasteiger partial charge in [-0.2, -0.15) is 0 Å². The Morgan fingerprint density at radius 2 is 1.94 bits per heavy atom. The molecule has 1 aliphatic heterocycles. The lowest BCUT2D eigenvalue weighted by Crippen LogP contribution is -2.59. The minimum Gasteiger partial charge on any atom is -0.481 e. The van der Waals surface area contributed by atoms with E-state index in [1.807, 2.05) is 0 Å². The van der Waals surface area contributed by atoms with Crippen LogP contribution in [-0.4, -0.2) is 41.8 Å². The van der Waals surface area contributed by atoms with E-state index in [1.165, 1.54) is 0 Å². The van der Waals surface area contributed by atoms with Crippen LogP contribution in [0.1, 0.15) is 32.1 Å². The smallest absolute Gasteiger partial charge is 0.308 e. The number of amides is 1. The molecule has 2 aliphatic rings. The Hall–Kier alpha value is -1.14. The van der Waals surface area contributed by atoms with Crippen LogP contribution < -0.4 is 11.1 Å². The molecule has 1 heterocycles. The van der Waals surface area contributed by atoms with Crippen molar-refractivity contribution in [2.75, 3.05) is 13.2 Å². The molecular weight excluding hydrogens is 236 g/mol. The van der Waals surface area contributed by atoms with Gasteiger partial charge in [0.2, 0.25) is 5.91 Å². The van der Waals surface area contributed by atoms with Crippen molar-refractivity contribution in [2.24, 2.45) is 11.7 Å². The number of nitrogens with two attached hydrogens (primary N) is 1. The number of carbonyl (C=O) groups is 2. The molecule has 1 amide bonds. The average Bonchev–Trinajstić information content (AvgIpc) is 2.78. The molecule has 0 aromatic heterocycles. The molecule has 1 aliphatic carbocycles. The zero-order chi connectivity index (χ0) is 13.2. The third-order valence-electron chi connectivity index (χ3n) is 3.99. The molecule has 2 rings (SSSR count). The standard InChI is InChI=1S/C12H20N2O4/c13-12(4-6-18-7-5-12)11(17)14-9-3-1-2-8(9)10(15)16/h8-9H,1-7,13H2,(H,14,17)(H,15,16). The van der Waals surface area contributed by atoms with Crippen molar-refractivity contribution in [3.8, 4) is 0 Å². The third-order valence-corrected chi connectivity index (χ3v) is 3.99. The molecule has 0 radical (unpaired) electrons. The maximum Gasteiger partial charge on any atom is 0.308 e. The van der Waals surface area contributed by atoms with Gasteiger partial charge in [-0.05, 0) is 25.7 Å². The third kappa shape index (κ3) is 2.64. The van der Waals surface area contributed by atoms with Crippen LogP contribution in [-0.2, 0) is 14.3 Å². The highest BCUT2D eigenvalue weighted by Gasteiger charge is 2.40. The van der Waals surface area contributed by atoms with E-state index in [2.05, 4.69) is 5.32 Å². The fourth-order valence-corrected chi connectivity index (χ4v) is 2.70. The van der Waals surface area contributed by atoms with Crippen LogP contribution in [0.25, 0.3) is 0 Å². The van der Waals surface area contributed by atoms with Crippen molar-refractivity contribution in [2.45, 2.75) is 43.7 Å². The van der Waals surface area contributed by atoms with Crippen molar-refractivity contribution >= 4 is 11.9 Å². The Morgan fingerprint density at radius 1 is 1.28 bits per heavy atom. The van der Waals surface area contributed by atoms with Gasteiger partial charge in [0.1, 0.15) is 0 Å². The Balaban J connectivity index is 1.96. The number of carbonyl (C=O) groups excluding carboxylic acids is 1. The van der Waals surface area contributed by atoms with E-state index < -0.39 is 17.4 Å². The van der Waals surface area contributed by atoms with Crippen molar-refractivity contribution in [3.63, 3.8) is 0 Å². The molecule has 0 aromatic carbocycles. The zero-order valence-electron chi connectivity index (χ0n) is 10.4. The predicted molar refractivity (Wildman–Crippen MR) is 63.9 cm³/mol. The molecule has 2 unspecified atom stereocenters. The van der Waals surface area contributed by atoms with E-state index in [4.69, 9.17) is 15.6 Å². The van der Waals surface area contributed by atoms with Gasteiger partial charge in [-0.1, -0.05) is 6.42 Å². The van der Waals surface area contributed by atoms with Crippen LogP contribution in [0.4, 0.5) is 0 Å². The zero-order valence-corrected chi connectivity index (χ0v) is 10.4. The maximum atomic E-state index is 12.2. The van der Waals surface area contributed by atoms with Gasteiger partial charge in [0.05, 0.1) is 11.5 Å². The monoisotopic (exact) mass is 256 g/mol. The maximum absolute atomic E-state index is 12.2. The Bertz CT molecular complexity index is 339. The van der Waals surface area contributed by atoms with Crippen molar-refractivity contribution in [3.05, 3.63) is 0 Å². The second-order valence-corrected chi connectivity index (χ2v) is 5.22. The summed E-state index contributed by atoms with van der Waals surface area (Å²) in [5, 5.41) is 11.9. The first kappa shape index (κ1) is 13.3. The molecule has 2 atom stereocenters. The minimum atomic E-state index is -0.899. The van der Waals surface area contributed by atoms with Crippen LogP contribution in [0.3, 0.4) is 0 Å². The number of hydrogen-bond donors (Lipinski definition) is 3. The van der Waals surface area contributed by atoms with Gasteiger partial charge in [0, 0.05) is 19.3 Å². The van der Waals surface area contributed by atoms with Gasteiger partial charge in [-0.15, -0.1) is 0 Å². The Kier molecular flexibility index (Phi) is 3.87. The topological polar surface area (TPSA) is 102 Å². The quantitative estimate of drug-likeness (QED) is 0.652. The van der Waals surface area contributed by atoms with E-state index >= 15 is 0 Å². The highest BCUT2D eigenvalue weighted by molar-refractivity contribution is 5.87. The fourth-order valence-electron chi connectivity index (χ4n) is 2.70. The summed E-state index contributed by atoms with van der Waals surface area (Å²) >= 11 is 0. The molecule has 102 valence electrons. The van der Waals surface area contributed by atoms with E-state index in [-0.39, 0.29) is 11.9 Å². The number of rotatable bonds is 3. The Morgan fingerprint density at radius 3 is 2.56 bits per heavy atom. The van der Waals surface area contributed by atoms with Crippen molar-refractivity contribution in [1.29, 1.82) is 0 Å². The van der Waals surface area contributed by atoms with Crippen LogP contribution in [0.5, 0.6) is 0 Å². The fraction of sp³-hybridized carbons (Fsp3) is 0.833. The molecule has 1 saturated carbocycles. The largest absolute Gasteiger partial charge is 0.481 e. The van der Waals surface area contributed by atoms with Crippen LogP contribution in [0, 0.1) is 5.92 Å². The summed E-state index contributed by atoms with van der Waals surface area (Å²) in [5.74, 6) is -1.54. The van der Waals surface area contributed by atoms with Crippen molar-refractivity contribution in [1.82, 2.24) is 5.32 Å². The lowest BCUT2D eigenvalue weighted by Gasteiger charge is -2.33. The molecule has 6 heteroatoms. The van der Waals surface area contributed by atoms with E-state index in [0.717, 1.165) is 12.8 Å². The number of hydrogen-bond acceptors (Lipinski definition) is 4. The highest BCUT2D eigenvalue weighted by atomic mass is 16.5. The van der Waals surface area contributed by atoms with E-state index in [9.17, 15) is 9.59 Å². The number of carboxylic acids is 1. The van der Waals surface area contributed by atoms with Gasteiger partial charge >= 0.3 is 5.97 Å². The number of ether oxygens (including phenoxy) is 1. The Labute approximate surface area is 106 Å². The molecule has 2 fully saturated rings. The lowest BCUT2D eigenvalue weighted by atomic mass is 9.89. The van der Waals surface area contributed by atoms with Crippen LogP contribution in [0.15, 0.2) is 0 Å². The predicted octanol–water partition coefficient (Wildman–Crippen LogP) is -0.136. The van der Waals surface area contributed by atoms with Gasteiger partial charge in [-0.25, -0.2) is 0 Å². The summed E-state index contributed by atoms with van der Waals surface area (Å²) in [6, 6.07) is -0.279. The second-order valence-electron chi connectivity index (χ2n) is 5.22. The summed E-state index contributed by atoms with van der Waals surface area (Å²) in [7, 11) is 0. The van der Waals surface area contributed by atoms with Gasteiger partial charge < -0.3 is 20.9 Å². The highest BCUT2D eigenvalue weighted by Crippen LogP contribution is 2.27. The summed E-state index contributed by atoms with van der Waals surface area (Å²) in [4.78, 5) is 23.2. The molecule has 18 heavy (non-hydrogen) atoms. The van der Waals surface area contributed by atoms with Crippen LogP contribution >= 0.6 is 0 Å². The minimum absolute atomic E-state index is 0.232. The van der Waals surface area contributed by atoms with E-state index in [0.29, 0.717) is 32.5 Å². The van der Waals surface area contributed by atoms with Gasteiger partial charge in [0.15, 0.2) is 0 Å². The first-order chi connectivity index (χ1) is 8.53. The van der Waals surface area contributed by atoms with Crippen LogP contribution in [0.2, 0.25) is 0 Å².